The highest BCUT2D eigenvalue weighted by molar-refractivity contribution is 4.81. The molecule has 0 bridgehead atoms. The summed E-state index contributed by atoms with van der Waals surface area (Å²) in [6.45, 7) is 14.7. The molecule has 0 heterocycles. The van der Waals surface area contributed by atoms with E-state index in [0.717, 1.165) is 36.5 Å². The highest BCUT2D eigenvalue weighted by atomic mass is 16.5. The van der Waals surface area contributed by atoms with Crippen molar-refractivity contribution in [2.24, 2.45) is 17.8 Å². The van der Waals surface area contributed by atoms with E-state index in [0.29, 0.717) is 24.5 Å². The van der Waals surface area contributed by atoms with Gasteiger partial charge in [0.2, 0.25) is 0 Å². The fourth-order valence-electron chi connectivity index (χ4n) is 3.58. The molecule has 0 spiro atoms. The van der Waals surface area contributed by atoms with Gasteiger partial charge in [-0.3, -0.25) is 0 Å². The van der Waals surface area contributed by atoms with E-state index < -0.39 is 0 Å². The fraction of sp³-hybridized carbons (Fsp3) is 1.00. The summed E-state index contributed by atoms with van der Waals surface area (Å²) in [6.07, 6.45) is 3.75. The monoisotopic (exact) mass is 300 g/mol. The van der Waals surface area contributed by atoms with Gasteiger partial charge in [-0.25, -0.2) is 0 Å². The molecule has 1 rings (SSSR count). The Morgan fingerprint density at radius 2 is 1.81 bits per heavy atom. The number of aliphatic hydroxyl groups is 1. The molecule has 21 heavy (non-hydrogen) atoms. The Bertz CT molecular complexity index is 289. The molecule has 0 aromatic carbocycles. The van der Waals surface area contributed by atoms with Gasteiger partial charge in [0.25, 0.3) is 0 Å². The molecule has 3 nitrogen and oxygen atoms in total. The van der Waals surface area contributed by atoms with Crippen molar-refractivity contribution in [2.75, 3.05) is 33.3 Å². The fourth-order valence-corrected chi connectivity index (χ4v) is 3.58. The second kappa shape index (κ2) is 8.50. The van der Waals surface area contributed by atoms with Crippen LogP contribution in [0.4, 0.5) is 0 Å². The van der Waals surface area contributed by atoms with E-state index in [9.17, 15) is 5.11 Å². The molecule has 0 aliphatic heterocycles. The average Bonchev–Trinajstić information content (AvgIpc) is 2.44. The first-order valence-corrected chi connectivity index (χ1v) is 8.94. The van der Waals surface area contributed by atoms with E-state index >= 15 is 0 Å². The highest BCUT2D eigenvalue weighted by Crippen LogP contribution is 2.35. The zero-order chi connectivity index (χ0) is 16.0. The lowest BCUT2D eigenvalue weighted by Crippen LogP contribution is -2.50. The first-order valence-electron chi connectivity index (χ1n) is 8.94. The van der Waals surface area contributed by atoms with Gasteiger partial charge in [-0.15, -0.1) is 0 Å². The SMILES string of the molecule is CC[N+](C)(CC)C[C@H](O)CO[C@@H]1C[C@@H](C)CC[C@@H]1C(C)C. The molecule has 0 saturated heterocycles. The first-order chi connectivity index (χ1) is 9.81. The maximum Gasteiger partial charge on any atom is 0.126 e. The van der Waals surface area contributed by atoms with Crippen molar-refractivity contribution < 1.29 is 14.3 Å². The molecular weight excluding hydrogens is 262 g/mol. The van der Waals surface area contributed by atoms with Crippen LogP contribution >= 0.6 is 0 Å². The third-order valence-corrected chi connectivity index (χ3v) is 5.64. The number of likely N-dealkylation sites (N-methyl/N-ethyl adjacent to an activating group) is 1. The third kappa shape index (κ3) is 5.88. The van der Waals surface area contributed by atoms with E-state index in [1.807, 2.05) is 0 Å². The largest absolute Gasteiger partial charge is 0.385 e. The van der Waals surface area contributed by atoms with Crippen LogP contribution in [-0.2, 0) is 4.74 Å². The Morgan fingerprint density at radius 1 is 1.19 bits per heavy atom. The van der Waals surface area contributed by atoms with Gasteiger partial charge in [0, 0.05) is 0 Å². The molecule has 1 N–H and O–H groups in total. The lowest BCUT2D eigenvalue weighted by atomic mass is 9.75. The summed E-state index contributed by atoms with van der Waals surface area (Å²) in [5.74, 6) is 2.09. The van der Waals surface area contributed by atoms with E-state index in [2.05, 4.69) is 41.7 Å². The van der Waals surface area contributed by atoms with E-state index in [1.165, 1.54) is 12.8 Å². The van der Waals surface area contributed by atoms with Crippen molar-refractivity contribution in [3.05, 3.63) is 0 Å². The van der Waals surface area contributed by atoms with Gasteiger partial charge in [-0.2, -0.15) is 0 Å². The van der Waals surface area contributed by atoms with Gasteiger partial charge < -0.3 is 14.3 Å². The van der Waals surface area contributed by atoms with Crippen LogP contribution in [0.2, 0.25) is 0 Å². The summed E-state index contributed by atoms with van der Waals surface area (Å²) >= 11 is 0. The van der Waals surface area contributed by atoms with Gasteiger partial charge in [0.15, 0.2) is 0 Å². The van der Waals surface area contributed by atoms with E-state index in [1.54, 1.807) is 0 Å². The van der Waals surface area contributed by atoms with Gasteiger partial charge in [-0.1, -0.05) is 27.2 Å². The van der Waals surface area contributed by atoms with Crippen molar-refractivity contribution in [1.82, 2.24) is 0 Å². The molecule has 0 aromatic heterocycles. The van der Waals surface area contributed by atoms with E-state index in [-0.39, 0.29) is 6.10 Å². The minimum atomic E-state index is -0.347. The molecule has 0 amide bonds. The quantitative estimate of drug-likeness (QED) is 0.697. The van der Waals surface area contributed by atoms with Crippen LogP contribution in [0, 0.1) is 17.8 Å². The summed E-state index contributed by atoms with van der Waals surface area (Å²) in [4.78, 5) is 0. The molecule has 0 radical (unpaired) electrons. The van der Waals surface area contributed by atoms with Gasteiger partial charge in [0.1, 0.15) is 12.6 Å². The first kappa shape index (κ1) is 18.9. The summed E-state index contributed by atoms with van der Waals surface area (Å²) in [5.41, 5.74) is 0. The lowest BCUT2D eigenvalue weighted by Gasteiger charge is -2.38. The zero-order valence-electron chi connectivity index (χ0n) is 15.1. The van der Waals surface area contributed by atoms with Crippen LogP contribution < -0.4 is 0 Å². The summed E-state index contributed by atoms with van der Waals surface area (Å²) < 4.78 is 7.08. The zero-order valence-corrected chi connectivity index (χ0v) is 15.1. The van der Waals surface area contributed by atoms with Crippen LogP contribution in [0.15, 0.2) is 0 Å². The smallest absolute Gasteiger partial charge is 0.126 e. The topological polar surface area (TPSA) is 29.5 Å². The maximum atomic E-state index is 10.3. The Labute approximate surface area is 132 Å². The predicted octanol–water partition coefficient (Wildman–Crippen LogP) is 3.31. The predicted molar refractivity (Wildman–Crippen MR) is 89.2 cm³/mol. The maximum absolute atomic E-state index is 10.3. The van der Waals surface area contributed by atoms with Crippen molar-refractivity contribution in [1.29, 1.82) is 0 Å². The van der Waals surface area contributed by atoms with E-state index in [4.69, 9.17) is 4.74 Å². The molecule has 126 valence electrons. The van der Waals surface area contributed by atoms with Crippen molar-refractivity contribution >= 4 is 0 Å². The van der Waals surface area contributed by atoms with Crippen molar-refractivity contribution in [3.63, 3.8) is 0 Å². The Hall–Kier alpha value is -0.120. The summed E-state index contributed by atoms with van der Waals surface area (Å²) in [5, 5.41) is 10.3. The Balaban J connectivity index is 2.47. The second-order valence-electron chi connectivity index (χ2n) is 7.79. The number of rotatable bonds is 8. The van der Waals surface area contributed by atoms with Gasteiger partial charge in [0.05, 0.1) is 32.8 Å². The van der Waals surface area contributed by atoms with Crippen molar-refractivity contribution in [3.8, 4) is 0 Å². The van der Waals surface area contributed by atoms with Gasteiger partial charge in [-0.05, 0) is 44.4 Å². The number of ether oxygens (including phenoxy) is 1. The Morgan fingerprint density at radius 3 is 2.33 bits per heavy atom. The number of nitrogens with zero attached hydrogens (tertiary/aromatic N) is 1. The molecule has 1 saturated carbocycles. The minimum Gasteiger partial charge on any atom is -0.385 e. The minimum absolute atomic E-state index is 0.338. The second-order valence-corrected chi connectivity index (χ2v) is 7.79. The molecule has 1 aliphatic rings. The molecule has 0 unspecified atom stereocenters. The van der Waals surface area contributed by atoms with Gasteiger partial charge >= 0.3 is 0 Å². The number of quaternary nitrogens is 1. The molecule has 1 aliphatic carbocycles. The Kier molecular flexibility index (Phi) is 7.66. The number of aliphatic hydroxyl groups excluding tert-OH is 1. The van der Waals surface area contributed by atoms with Crippen LogP contribution in [0.1, 0.15) is 53.9 Å². The van der Waals surface area contributed by atoms with Crippen LogP contribution in [0.3, 0.4) is 0 Å². The standard InChI is InChI=1S/C18H38NO2/c1-7-19(6,8-2)12-16(20)13-21-18-11-15(5)9-10-17(18)14(3)4/h14-18,20H,7-13H2,1-6H3/q+1/t15-,16-,17+,18+/m0/s1. The average molecular weight is 301 g/mol. The van der Waals surface area contributed by atoms with Crippen LogP contribution in [0.5, 0.6) is 0 Å². The van der Waals surface area contributed by atoms with Crippen molar-refractivity contribution in [2.45, 2.75) is 66.1 Å². The third-order valence-electron chi connectivity index (χ3n) is 5.64. The highest BCUT2D eigenvalue weighted by Gasteiger charge is 2.32. The summed E-state index contributed by atoms with van der Waals surface area (Å²) in [6, 6.07) is 0. The molecule has 3 heteroatoms. The van der Waals surface area contributed by atoms with Crippen LogP contribution in [0.25, 0.3) is 0 Å². The number of hydrogen-bond acceptors (Lipinski definition) is 2. The molecule has 0 aromatic rings. The normalized spacial score (nSPS) is 28.9. The lowest BCUT2D eigenvalue weighted by molar-refractivity contribution is -0.909. The number of hydrogen-bond donors (Lipinski definition) is 1. The molecule has 1 fully saturated rings. The molecule has 4 atom stereocenters. The summed E-state index contributed by atoms with van der Waals surface area (Å²) in [7, 11) is 2.21. The molecular formula is C18H38NO2+. The van der Waals surface area contributed by atoms with Crippen LogP contribution in [-0.4, -0.2) is 55.1 Å².